The highest BCUT2D eigenvalue weighted by molar-refractivity contribution is 5.79. The van der Waals surface area contributed by atoms with Gasteiger partial charge in [-0.15, -0.1) is 0 Å². The van der Waals surface area contributed by atoms with Crippen LogP contribution >= 0.6 is 0 Å². The summed E-state index contributed by atoms with van der Waals surface area (Å²) in [4.78, 5) is 14.7. The number of rotatable bonds is 2. The van der Waals surface area contributed by atoms with Gasteiger partial charge in [0.25, 0.3) is 0 Å². The number of nitrogens with zero attached hydrogens (tertiary/aromatic N) is 1. The van der Waals surface area contributed by atoms with E-state index in [0.717, 1.165) is 32.5 Å². The van der Waals surface area contributed by atoms with Crippen LogP contribution in [0.2, 0.25) is 0 Å². The zero-order valence-electron chi connectivity index (χ0n) is 12.0. The van der Waals surface area contributed by atoms with Gasteiger partial charge in [-0.3, -0.25) is 4.79 Å². The largest absolute Gasteiger partial charge is 0.381 e. The Hall–Kier alpha value is -1.35. The number of amides is 1. The van der Waals surface area contributed by atoms with Crippen LogP contribution in [0.1, 0.15) is 37.2 Å². The molecule has 0 saturated carbocycles. The highest BCUT2D eigenvalue weighted by Gasteiger charge is 2.30. The topological polar surface area (TPSA) is 29.5 Å². The fraction of sp³-hybridized carbons (Fsp3) is 0.588. The van der Waals surface area contributed by atoms with E-state index in [4.69, 9.17) is 4.74 Å². The zero-order valence-corrected chi connectivity index (χ0v) is 12.0. The van der Waals surface area contributed by atoms with Crippen LogP contribution in [0.4, 0.5) is 0 Å². The molecule has 2 saturated heterocycles. The highest BCUT2D eigenvalue weighted by Crippen LogP contribution is 2.28. The fourth-order valence-electron chi connectivity index (χ4n) is 3.33. The van der Waals surface area contributed by atoms with Crippen molar-refractivity contribution in [3.05, 3.63) is 35.9 Å². The van der Waals surface area contributed by atoms with Gasteiger partial charge in [0.05, 0.1) is 12.5 Å². The first-order valence-corrected chi connectivity index (χ1v) is 7.76. The summed E-state index contributed by atoms with van der Waals surface area (Å²) in [6.07, 6.45) is 4.42. The van der Waals surface area contributed by atoms with Crippen LogP contribution in [-0.4, -0.2) is 37.1 Å². The molecule has 0 bridgehead atoms. The molecule has 1 amide bonds. The van der Waals surface area contributed by atoms with Gasteiger partial charge in [-0.25, -0.2) is 0 Å². The second-order valence-corrected chi connectivity index (χ2v) is 5.95. The molecule has 2 aliphatic rings. The lowest BCUT2D eigenvalue weighted by molar-refractivity contribution is -0.135. The van der Waals surface area contributed by atoms with Crippen LogP contribution < -0.4 is 0 Å². The molecule has 2 atom stereocenters. The van der Waals surface area contributed by atoms with Crippen molar-refractivity contribution >= 4 is 5.91 Å². The fourth-order valence-corrected chi connectivity index (χ4v) is 3.33. The van der Waals surface area contributed by atoms with Gasteiger partial charge in [-0.2, -0.15) is 0 Å². The molecule has 3 nitrogen and oxygen atoms in total. The lowest BCUT2D eigenvalue weighted by Gasteiger charge is -2.27. The number of likely N-dealkylation sites (tertiary alicyclic amines) is 1. The predicted octanol–water partition coefficient (Wildman–Crippen LogP) is 2.82. The van der Waals surface area contributed by atoms with E-state index >= 15 is 0 Å². The van der Waals surface area contributed by atoms with E-state index in [1.807, 2.05) is 0 Å². The van der Waals surface area contributed by atoms with Crippen LogP contribution in [0.5, 0.6) is 0 Å². The monoisotopic (exact) mass is 273 g/mol. The molecule has 0 N–H and O–H groups in total. The van der Waals surface area contributed by atoms with Gasteiger partial charge in [-0.1, -0.05) is 36.8 Å². The Balaban J connectivity index is 1.70. The van der Waals surface area contributed by atoms with Crippen LogP contribution in [0.3, 0.4) is 0 Å². The average molecular weight is 273 g/mol. The third kappa shape index (κ3) is 3.04. The Labute approximate surface area is 120 Å². The van der Waals surface area contributed by atoms with E-state index in [-0.39, 0.29) is 5.92 Å². The van der Waals surface area contributed by atoms with Gasteiger partial charge in [0.15, 0.2) is 0 Å². The Morgan fingerprint density at radius 1 is 1.15 bits per heavy atom. The second kappa shape index (κ2) is 6.40. The number of hydrogen-bond acceptors (Lipinski definition) is 2. The molecule has 3 rings (SSSR count). The molecule has 3 heteroatoms. The van der Waals surface area contributed by atoms with Crippen molar-refractivity contribution in [2.45, 2.75) is 31.6 Å². The lowest BCUT2D eigenvalue weighted by Crippen LogP contribution is -2.38. The summed E-state index contributed by atoms with van der Waals surface area (Å²) >= 11 is 0. The van der Waals surface area contributed by atoms with Gasteiger partial charge in [-0.05, 0) is 24.8 Å². The Morgan fingerprint density at radius 3 is 2.75 bits per heavy atom. The van der Waals surface area contributed by atoms with Crippen molar-refractivity contribution in [2.75, 3.05) is 26.3 Å². The van der Waals surface area contributed by atoms with E-state index in [2.05, 4.69) is 35.2 Å². The number of benzene rings is 1. The summed E-state index contributed by atoms with van der Waals surface area (Å²) < 4.78 is 5.36. The van der Waals surface area contributed by atoms with Gasteiger partial charge in [0.2, 0.25) is 5.91 Å². The van der Waals surface area contributed by atoms with Crippen LogP contribution in [-0.2, 0) is 9.53 Å². The SMILES string of the molecule is O=C([C@H]1CCOC1)N1CCCC[C@@H](c2ccccc2)C1. The minimum absolute atomic E-state index is 0.101. The molecule has 108 valence electrons. The van der Waals surface area contributed by atoms with Gasteiger partial charge in [0.1, 0.15) is 0 Å². The average Bonchev–Trinajstić information content (AvgIpc) is 2.92. The van der Waals surface area contributed by atoms with Crippen LogP contribution in [0.15, 0.2) is 30.3 Å². The van der Waals surface area contributed by atoms with Gasteiger partial charge in [0, 0.05) is 25.6 Å². The molecule has 1 aromatic carbocycles. The molecular weight excluding hydrogens is 250 g/mol. The number of carbonyl (C=O) groups is 1. The summed E-state index contributed by atoms with van der Waals surface area (Å²) in [6, 6.07) is 10.6. The Morgan fingerprint density at radius 2 is 2.00 bits per heavy atom. The molecule has 0 unspecified atom stereocenters. The summed E-state index contributed by atoms with van der Waals surface area (Å²) in [7, 11) is 0. The molecular formula is C17H23NO2. The molecule has 0 aromatic heterocycles. The van der Waals surface area contributed by atoms with E-state index in [1.165, 1.54) is 18.4 Å². The van der Waals surface area contributed by atoms with Crippen LogP contribution in [0.25, 0.3) is 0 Å². The van der Waals surface area contributed by atoms with Crippen molar-refractivity contribution in [1.29, 1.82) is 0 Å². The second-order valence-electron chi connectivity index (χ2n) is 5.95. The molecule has 1 aromatic rings. The van der Waals surface area contributed by atoms with Gasteiger partial charge >= 0.3 is 0 Å². The first-order valence-electron chi connectivity index (χ1n) is 7.76. The van der Waals surface area contributed by atoms with Gasteiger partial charge < -0.3 is 9.64 Å². The Kier molecular flexibility index (Phi) is 4.36. The maximum atomic E-state index is 12.6. The summed E-state index contributed by atoms with van der Waals surface area (Å²) in [5.74, 6) is 0.903. The molecule has 2 fully saturated rings. The normalized spacial score (nSPS) is 27.3. The standard InChI is InChI=1S/C17H23NO2/c19-17(16-9-11-20-13-16)18-10-5-4-8-15(12-18)14-6-2-1-3-7-14/h1-3,6-7,15-16H,4-5,8-13H2/t15-,16+/m1/s1. The maximum Gasteiger partial charge on any atom is 0.228 e. The minimum Gasteiger partial charge on any atom is -0.381 e. The van der Waals surface area contributed by atoms with E-state index < -0.39 is 0 Å². The predicted molar refractivity (Wildman–Crippen MR) is 78.5 cm³/mol. The molecule has 0 spiro atoms. The molecule has 0 aliphatic carbocycles. The Bertz CT molecular complexity index is 440. The first-order chi connectivity index (χ1) is 9.84. The number of ether oxygens (including phenoxy) is 1. The third-order valence-electron chi connectivity index (χ3n) is 4.53. The third-order valence-corrected chi connectivity index (χ3v) is 4.53. The van der Waals surface area contributed by atoms with E-state index in [1.54, 1.807) is 0 Å². The zero-order chi connectivity index (χ0) is 13.8. The molecule has 2 heterocycles. The summed E-state index contributed by atoms with van der Waals surface area (Å²) in [6.45, 7) is 3.15. The van der Waals surface area contributed by atoms with Crippen molar-refractivity contribution in [2.24, 2.45) is 5.92 Å². The number of hydrogen-bond donors (Lipinski definition) is 0. The summed E-state index contributed by atoms with van der Waals surface area (Å²) in [5.41, 5.74) is 1.37. The van der Waals surface area contributed by atoms with Crippen molar-refractivity contribution in [3.63, 3.8) is 0 Å². The number of carbonyl (C=O) groups excluding carboxylic acids is 1. The van der Waals surface area contributed by atoms with E-state index in [0.29, 0.717) is 18.4 Å². The van der Waals surface area contributed by atoms with Crippen LogP contribution in [0, 0.1) is 5.92 Å². The van der Waals surface area contributed by atoms with Crippen molar-refractivity contribution < 1.29 is 9.53 Å². The minimum atomic E-state index is 0.101. The van der Waals surface area contributed by atoms with Crippen molar-refractivity contribution in [1.82, 2.24) is 4.90 Å². The molecule has 20 heavy (non-hydrogen) atoms. The molecule has 0 radical (unpaired) electrons. The quantitative estimate of drug-likeness (QED) is 0.829. The van der Waals surface area contributed by atoms with Crippen molar-refractivity contribution in [3.8, 4) is 0 Å². The lowest BCUT2D eigenvalue weighted by atomic mass is 9.94. The highest BCUT2D eigenvalue weighted by atomic mass is 16.5. The maximum absolute atomic E-state index is 12.6. The smallest absolute Gasteiger partial charge is 0.228 e. The molecule has 2 aliphatic heterocycles. The summed E-state index contributed by atoms with van der Waals surface area (Å²) in [5, 5.41) is 0. The van der Waals surface area contributed by atoms with E-state index in [9.17, 15) is 4.79 Å². The first kappa shape index (κ1) is 13.6.